The van der Waals surface area contributed by atoms with Gasteiger partial charge in [-0.25, -0.2) is 0 Å². The molecule has 0 saturated carbocycles. The number of benzene rings is 1. The average molecular weight is 326 g/mol. The molecular formula is C10H10BrClOS2. The second kappa shape index (κ2) is 5.53. The maximum absolute atomic E-state index is 6.08. The Morgan fingerprint density at radius 3 is 2.67 bits per heavy atom. The highest BCUT2D eigenvalue weighted by atomic mass is 79.9. The molecular weight excluding hydrogens is 316 g/mol. The van der Waals surface area contributed by atoms with Gasteiger partial charge in [-0.2, -0.15) is 0 Å². The van der Waals surface area contributed by atoms with E-state index in [4.69, 9.17) is 28.6 Å². The normalized spacial score (nSPS) is 10.2. The van der Waals surface area contributed by atoms with E-state index in [1.165, 1.54) is 11.8 Å². The van der Waals surface area contributed by atoms with Crippen molar-refractivity contribution in [3.05, 3.63) is 26.7 Å². The first-order chi connectivity index (χ1) is 6.97. The van der Waals surface area contributed by atoms with Crippen LogP contribution >= 0.6 is 51.5 Å². The van der Waals surface area contributed by atoms with Gasteiger partial charge in [-0.15, -0.1) is 0 Å². The summed E-state index contributed by atoms with van der Waals surface area (Å²) in [6, 6.07) is 1.87. The predicted octanol–water partition coefficient (Wildman–Crippen LogP) is 4.75. The molecule has 1 nitrogen and oxygen atoms in total. The number of hydrogen-bond donors (Lipinski definition) is 0. The van der Waals surface area contributed by atoms with Gasteiger partial charge in [-0.3, -0.25) is 0 Å². The molecule has 1 aromatic carbocycles. The highest BCUT2D eigenvalue weighted by molar-refractivity contribution is 9.10. The van der Waals surface area contributed by atoms with Crippen molar-refractivity contribution in [3.8, 4) is 5.75 Å². The third-order valence-electron chi connectivity index (χ3n) is 2.03. The molecule has 82 valence electrons. The van der Waals surface area contributed by atoms with Crippen molar-refractivity contribution in [2.75, 3.05) is 6.26 Å². The molecule has 0 unspecified atom stereocenters. The van der Waals surface area contributed by atoms with Crippen LogP contribution in [0.4, 0.5) is 0 Å². The minimum Gasteiger partial charge on any atom is -0.437 e. The number of thioether (sulfide) groups is 1. The average Bonchev–Trinajstić information content (AvgIpc) is 2.21. The molecule has 5 heteroatoms. The van der Waals surface area contributed by atoms with E-state index >= 15 is 0 Å². The van der Waals surface area contributed by atoms with Crippen LogP contribution in [0.5, 0.6) is 5.75 Å². The number of ether oxygens (including phenoxy) is 1. The lowest BCUT2D eigenvalue weighted by Gasteiger charge is -2.12. The zero-order valence-electron chi connectivity index (χ0n) is 8.56. The first kappa shape index (κ1) is 13.3. The van der Waals surface area contributed by atoms with Crippen LogP contribution in [0.15, 0.2) is 10.5 Å². The van der Waals surface area contributed by atoms with Crippen molar-refractivity contribution in [2.24, 2.45) is 0 Å². The van der Waals surface area contributed by atoms with E-state index < -0.39 is 0 Å². The lowest BCUT2D eigenvalue weighted by molar-refractivity contribution is 0.574. The molecule has 0 aliphatic rings. The first-order valence-corrected chi connectivity index (χ1v) is 6.98. The van der Waals surface area contributed by atoms with Gasteiger partial charge in [-0.1, -0.05) is 23.4 Å². The Balaban J connectivity index is 3.18. The molecule has 0 heterocycles. The minimum atomic E-state index is 0.459. The largest absolute Gasteiger partial charge is 0.437 e. The summed E-state index contributed by atoms with van der Waals surface area (Å²) in [4.78, 5) is 0. The molecule has 0 aromatic heterocycles. The van der Waals surface area contributed by atoms with Gasteiger partial charge in [0.2, 0.25) is 4.38 Å². The number of aryl methyl sites for hydroxylation is 1. The van der Waals surface area contributed by atoms with Gasteiger partial charge >= 0.3 is 0 Å². The van der Waals surface area contributed by atoms with E-state index in [0.29, 0.717) is 15.2 Å². The summed E-state index contributed by atoms with van der Waals surface area (Å²) >= 11 is 15.9. The highest BCUT2D eigenvalue weighted by Crippen LogP contribution is 2.38. The van der Waals surface area contributed by atoms with Gasteiger partial charge in [-0.05, 0) is 65.4 Å². The van der Waals surface area contributed by atoms with Crippen molar-refractivity contribution in [1.29, 1.82) is 0 Å². The van der Waals surface area contributed by atoms with Crippen LogP contribution in [0.2, 0.25) is 5.02 Å². The molecule has 0 bridgehead atoms. The Morgan fingerprint density at radius 2 is 2.13 bits per heavy atom. The predicted molar refractivity (Wildman–Crippen MR) is 75.4 cm³/mol. The Labute approximate surface area is 113 Å². The molecule has 1 rings (SSSR count). The van der Waals surface area contributed by atoms with E-state index in [1.54, 1.807) is 0 Å². The van der Waals surface area contributed by atoms with Crippen LogP contribution in [-0.4, -0.2) is 10.6 Å². The SMILES string of the molecule is CSC(=S)Oc1c(Cl)cc(C)c(C)c1Br. The van der Waals surface area contributed by atoms with E-state index in [0.717, 1.165) is 15.6 Å². The quantitative estimate of drug-likeness (QED) is 0.690. The molecule has 0 radical (unpaired) electrons. The summed E-state index contributed by atoms with van der Waals surface area (Å²) in [5.74, 6) is 0.596. The first-order valence-electron chi connectivity index (χ1n) is 4.18. The molecule has 0 fully saturated rings. The van der Waals surface area contributed by atoms with Gasteiger partial charge in [0.25, 0.3) is 0 Å². The monoisotopic (exact) mass is 324 g/mol. The lowest BCUT2D eigenvalue weighted by atomic mass is 10.1. The van der Waals surface area contributed by atoms with Gasteiger partial charge < -0.3 is 4.74 Å². The zero-order chi connectivity index (χ0) is 11.6. The van der Waals surface area contributed by atoms with Crippen LogP contribution in [0.25, 0.3) is 0 Å². The standard InChI is InChI=1S/C10H10BrClOS2/c1-5-4-7(12)9(8(11)6(5)2)13-10(14)15-3/h4H,1-3H3. The zero-order valence-corrected chi connectivity index (χ0v) is 12.5. The smallest absolute Gasteiger partial charge is 0.225 e. The topological polar surface area (TPSA) is 9.23 Å². The van der Waals surface area contributed by atoms with Crippen molar-refractivity contribution in [3.63, 3.8) is 0 Å². The molecule has 0 N–H and O–H groups in total. The molecule has 0 amide bonds. The fraction of sp³-hybridized carbons (Fsp3) is 0.300. The van der Waals surface area contributed by atoms with Crippen LogP contribution in [0, 0.1) is 13.8 Å². The Bertz CT molecular complexity index is 407. The summed E-state index contributed by atoms with van der Waals surface area (Å²) < 4.78 is 6.80. The molecule has 0 spiro atoms. The highest BCUT2D eigenvalue weighted by Gasteiger charge is 2.13. The van der Waals surface area contributed by atoms with Gasteiger partial charge in [0, 0.05) is 0 Å². The van der Waals surface area contributed by atoms with Crippen molar-refractivity contribution in [1.82, 2.24) is 0 Å². The van der Waals surface area contributed by atoms with Gasteiger partial charge in [0.05, 0.1) is 9.50 Å². The summed E-state index contributed by atoms with van der Waals surface area (Å²) in [6.45, 7) is 4.01. The van der Waals surface area contributed by atoms with E-state index in [-0.39, 0.29) is 0 Å². The Kier molecular flexibility index (Phi) is 4.90. The van der Waals surface area contributed by atoms with Crippen LogP contribution in [-0.2, 0) is 0 Å². The maximum Gasteiger partial charge on any atom is 0.225 e. The second-order valence-electron chi connectivity index (χ2n) is 3.00. The number of hydrogen-bond acceptors (Lipinski definition) is 3. The summed E-state index contributed by atoms with van der Waals surface area (Å²) in [7, 11) is 0. The van der Waals surface area contributed by atoms with Crippen LogP contribution in [0.3, 0.4) is 0 Å². The third kappa shape index (κ3) is 3.09. The summed E-state index contributed by atoms with van der Waals surface area (Å²) in [5.41, 5.74) is 2.23. The van der Waals surface area contributed by atoms with Crippen LogP contribution in [0.1, 0.15) is 11.1 Å². The van der Waals surface area contributed by atoms with Crippen molar-refractivity contribution >= 4 is 55.9 Å². The second-order valence-corrected chi connectivity index (χ2v) is 5.61. The molecule has 0 aliphatic heterocycles. The molecule has 0 saturated heterocycles. The minimum absolute atomic E-state index is 0.459. The number of thiocarbonyl (C=S) groups is 1. The Morgan fingerprint density at radius 1 is 1.53 bits per heavy atom. The fourth-order valence-corrected chi connectivity index (χ4v) is 2.30. The molecule has 0 atom stereocenters. The van der Waals surface area contributed by atoms with Gasteiger partial charge in [0.15, 0.2) is 5.75 Å². The number of rotatable bonds is 1. The van der Waals surface area contributed by atoms with Crippen molar-refractivity contribution in [2.45, 2.75) is 13.8 Å². The van der Waals surface area contributed by atoms with Crippen LogP contribution < -0.4 is 4.74 Å². The van der Waals surface area contributed by atoms with Gasteiger partial charge in [0.1, 0.15) is 0 Å². The maximum atomic E-state index is 6.08. The van der Waals surface area contributed by atoms with E-state index in [9.17, 15) is 0 Å². The molecule has 1 aromatic rings. The number of halogens is 2. The van der Waals surface area contributed by atoms with E-state index in [1.807, 2.05) is 26.2 Å². The summed E-state index contributed by atoms with van der Waals surface area (Å²) in [6.07, 6.45) is 1.87. The fourth-order valence-electron chi connectivity index (χ4n) is 1.03. The van der Waals surface area contributed by atoms with E-state index in [2.05, 4.69) is 15.9 Å². The lowest BCUT2D eigenvalue weighted by Crippen LogP contribution is -2.01. The third-order valence-corrected chi connectivity index (χ3v) is 4.27. The van der Waals surface area contributed by atoms with Crippen molar-refractivity contribution < 1.29 is 4.74 Å². The summed E-state index contributed by atoms with van der Waals surface area (Å²) in [5, 5.41) is 0.571. The molecule has 0 aliphatic carbocycles. The molecule has 15 heavy (non-hydrogen) atoms. The Hall–Kier alpha value is 0.230.